The highest BCUT2D eigenvalue weighted by Gasteiger charge is 2.57. The molecule has 0 aliphatic heterocycles. The van der Waals surface area contributed by atoms with Crippen LogP contribution in [0.2, 0.25) is 0 Å². The average molecular weight is 606 g/mol. The van der Waals surface area contributed by atoms with E-state index in [9.17, 15) is 32.2 Å². The van der Waals surface area contributed by atoms with Crippen molar-refractivity contribution in [2.45, 2.75) is 127 Å². The quantitative estimate of drug-likeness (QED) is 0.146. The lowest BCUT2D eigenvalue weighted by Crippen LogP contribution is -2.47. The Morgan fingerprint density at radius 1 is 0.927 bits per heavy atom. The fourth-order valence-corrected chi connectivity index (χ4v) is 9.56. The number of hydrogen-bond donors (Lipinski definition) is 3. The molecule has 3 aliphatic carbocycles. The van der Waals surface area contributed by atoms with E-state index in [1.165, 1.54) is 30.4 Å². The Morgan fingerprint density at radius 2 is 1.59 bits per heavy atom. The largest absolute Gasteiger partial charge is 0.508 e. The second-order valence-corrected chi connectivity index (χ2v) is 15.0. The van der Waals surface area contributed by atoms with Crippen molar-refractivity contribution in [3.05, 3.63) is 29.3 Å². The number of fused-ring (bicyclic) bond motifs is 5. The van der Waals surface area contributed by atoms with Crippen molar-refractivity contribution >= 4 is 10.7 Å². The molecule has 0 bridgehead atoms. The third-order valence-electron chi connectivity index (χ3n) is 10.6. The van der Waals surface area contributed by atoms with E-state index in [2.05, 4.69) is 13.0 Å². The maximum atomic E-state index is 13.0. The van der Waals surface area contributed by atoms with E-state index in [-0.39, 0.29) is 23.7 Å². The van der Waals surface area contributed by atoms with Gasteiger partial charge in [0, 0.05) is 17.9 Å². The zero-order chi connectivity index (χ0) is 29.8. The summed E-state index contributed by atoms with van der Waals surface area (Å²) in [5.41, 5.74) is 2.75. The molecule has 1 aromatic carbocycles. The molecule has 9 heteroatoms. The number of phenolic OH excluding ortho intramolecular Hbond substituents is 1. The van der Waals surface area contributed by atoms with Crippen LogP contribution in [-0.4, -0.2) is 39.9 Å². The van der Waals surface area contributed by atoms with Gasteiger partial charge in [0.25, 0.3) is 0 Å². The standard InChI is InChI=1S/C32H48F5NO2S/c1-30-17-15-26-25-12-11-24(39)21-23(25)20-22(29(26)27(30)13-14-28(30)40)10-7-5-3-2-4-6-8-18-41(38)19-9-16-31(33,34)32(35,36)37/h11-12,21-22,26-29,38-40H,2-10,13-20H2,1H3. The molecule has 0 spiro atoms. The van der Waals surface area contributed by atoms with Crippen LogP contribution in [0.1, 0.15) is 114 Å². The molecule has 4 rings (SSSR count). The Balaban J connectivity index is 1.15. The monoisotopic (exact) mass is 605 g/mol. The Morgan fingerprint density at radius 3 is 2.29 bits per heavy atom. The number of phenols is 1. The Bertz CT molecular complexity index is 1030. The average Bonchev–Trinajstić information content (AvgIpc) is 3.20. The number of rotatable bonds is 14. The predicted octanol–water partition coefficient (Wildman–Crippen LogP) is 9.31. The highest BCUT2D eigenvalue weighted by molar-refractivity contribution is 7.85. The number of alkyl halides is 5. The minimum atomic E-state index is -5.50. The molecule has 3 nitrogen and oxygen atoms in total. The molecule has 41 heavy (non-hydrogen) atoms. The van der Waals surface area contributed by atoms with Crippen LogP contribution < -0.4 is 0 Å². The topological polar surface area (TPSA) is 64.3 Å². The summed E-state index contributed by atoms with van der Waals surface area (Å²) in [7, 11) is -0.855. The number of nitrogens with one attached hydrogen (secondary N) is 1. The first-order valence-electron chi connectivity index (χ1n) is 15.7. The highest BCUT2D eigenvalue weighted by Crippen LogP contribution is 2.62. The van der Waals surface area contributed by atoms with Gasteiger partial charge in [-0.25, -0.2) is 0 Å². The summed E-state index contributed by atoms with van der Waals surface area (Å²) in [6, 6.07) is 5.94. The number of unbranched alkanes of at least 4 members (excludes halogenated alkanes) is 6. The lowest BCUT2D eigenvalue weighted by Gasteiger charge is -2.53. The summed E-state index contributed by atoms with van der Waals surface area (Å²) in [6.45, 7) is 2.31. The van der Waals surface area contributed by atoms with Crippen LogP contribution in [0.5, 0.6) is 5.75 Å². The molecular formula is C32H48F5NO2S. The van der Waals surface area contributed by atoms with Gasteiger partial charge in [-0.15, -0.1) is 10.7 Å². The van der Waals surface area contributed by atoms with Crippen molar-refractivity contribution in [2.75, 3.05) is 11.5 Å². The number of aromatic hydroxyl groups is 1. The first-order valence-corrected chi connectivity index (χ1v) is 17.2. The van der Waals surface area contributed by atoms with Crippen LogP contribution in [0.25, 0.3) is 0 Å². The lowest BCUT2D eigenvalue weighted by molar-refractivity contribution is -0.284. The molecule has 7 atom stereocenters. The smallest absolute Gasteiger partial charge is 0.453 e. The van der Waals surface area contributed by atoms with Crippen molar-refractivity contribution in [1.82, 2.24) is 0 Å². The van der Waals surface area contributed by atoms with Gasteiger partial charge >= 0.3 is 12.1 Å². The Labute approximate surface area is 244 Å². The second-order valence-electron chi connectivity index (χ2n) is 13.2. The van der Waals surface area contributed by atoms with Crippen molar-refractivity contribution in [3.63, 3.8) is 0 Å². The predicted molar refractivity (Wildman–Crippen MR) is 155 cm³/mol. The molecule has 234 valence electrons. The first-order chi connectivity index (χ1) is 19.3. The fourth-order valence-electron chi connectivity index (χ4n) is 8.31. The van der Waals surface area contributed by atoms with E-state index in [0.29, 0.717) is 35.2 Å². The lowest BCUT2D eigenvalue weighted by atomic mass is 9.52. The molecule has 0 radical (unpaired) electrons. The minimum absolute atomic E-state index is 0.0284. The van der Waals surface area contributed by atoms with Crippen LogP contribution in [0.15, 0.2) is 18.2 Å². The van der Waals surface area contributed by atoms with Gasteiger partial charge in [-0.2, -0.15) is 22.0 Å². The number of aliphatic hydroxyl groups is 1. The molecule has 0 aromatic heterocycles. The number of aliphatic hydroxyl groups excluding tert-OH is 1. The summed E-state index contributed by atoms with van der Waals surface area (Å²) < 4.78 is 70.7. The van der Waals surface area contributed by atoms with Gasteiger partial charge < -0.3 is 10.2 Å². The molecule has 1 aromatic rings. The highest BCUT2D eigenvalue weighted by atomic mass is 32.2. The molecule has 2 fully saturated rings. The molecule has 2 saturated carbocycles. The van der Waals surface area contributed by atoms with Crippen LogP contribution in [0, 0.1) is 27.9 Å². The van der Waals surface area contributed by atoms with Crippen LogP contribution >= 0.6 is 0 Å². The van der Waals surface area contributed by atoms with Gasteiger partial charge in [0.1, 0.15) is 5.75 Å². The number of halogens is 5. The maximum absolute atomic E-state index is 13.0. The molecule has 0 saturated heterocycles. The fraction of sp³-hybridized carbons (Fsp3) is 0.812. The third kappa shape index (κ3) is 7.66. The van der Waals surface area contributed by atoms with Gasteiger partial charge in [0.2, 0.25) is 0 Å². The van der Waals surface area contributed by atoms with Gasteiger partial charge in [0.15, 0.2) is 0 Å². The van der Waals surface area contributed by atoms with E-state index in [0.717, 1.165) is 64.2 Å². The zero-order valence-electron chi connectivity index (χ0n) is 24.3. The SMILES string of the molecule is CC12CCC3c4ccc(O)cc4CC(CCCCCCCCCS(=N)CCCC(F)(F)C(F)(F)F)C3C1CCC2O. The van der Waals surface area contributed by atoms with Crippen molar-refractivity contribution < 1.29 is 32.2 Å². The molecule has 7 unspecified atom stereocenters. The normalized spacial score (nSPS) is 30.5. The molecule has 0 amide bonds. The van der Waals surface area contributed by atoms with E-state index in [4.69, 9.17) is 4.78 Å². The summed E-state index contributed by atoms with van der Waals surface area (Å²) in [4.78, 5) is 0. The number of benzene rings is 1. The zero-order valence-corrected chi connectivity index (χ0v) is 25.1. The summed E-state index contributed by atoms with van der Waals surface area (Å²) in [6.07, 6.45) is 6.67. The van der Waals surface area contributed by atoms with Crippen molar-refractivity contribution in [2.24, 2.45) is 23.2 Å². The van der Waals surface area contributed by atoms with Crippen LogP contribution in [0.4, 0.5) is 22.0 Å². The molecule has 3 N–H and O–H groups in total. The van der Waals surface area contributed by atoms with Gasteiger partial charge in [0.05, 0.1) is 6.10 Å². The first kappa shape index (κ1) is 32.7. The van der Waals surface area contributed by atoms with Gasteiger partial charge in [-0.3, -0.25) is 4.78 Å². The van der Waals surface area contributed by atoms with E-state index in [1.807, 2.05) is 12.1 Å². The maximum Gasteiger partial charge on any atom is 0.453 e. The van der Waals surface area contributed by atoms with Crippen LogP contribution in [-0.2, 0) is 17.1 Å². The van der Waals surface area contributed by atoms with Crippen molar-refractivity contribution in [1.29, 1.82) is 4.78 Å². The minimum Gasteiger partial charge on any atom is -0.508 e. The Kier molecular flexibility index (Phi) is 10.8. The van der Waals surface area contributed by atoms with Gasteiger partial charge in [-0.05, 0) is 104 Å². The third-order valence-corrected chi connectivity index (χ3v) is 12.2. The number of hydrogen-bond acceptors (Lipinski definition) is 3. The van der Waals surface area contributed by atoms with E-state index in [1.54, 1.807) is 0 Å². The second kappa shape index (κ2) is 13.6. The molecule has 3 aliphatic rings. The van der Waals surface area contributed by atoms with E-state index >= 15 is 0 Å². The van der Waals surface area contributed by atoms with Gasteiger partial charge in [-0.1, -0.05) is 51.5 Å². The summed E-state index contributed by atoms with van der Waals surface area (Å²) in [5.74, 6) is -1.36. The summed E-state index contributed by atoms with van der Waals surface area (Å²) >= 11 is 0. The van der Waals surface area contributed by atoms with Crippen LogP contribution in [0.3, 0.4) is 0 Å². The van der Waals surface area contributed by atoms with E-state index < -0.39 is 29.2 Å². The summed E-state index contributed by atoms with van der Waals surface area (Å²) in [5, 5.41) is 21.0. The molecular weight excluding hydrogens is 557 g/mol. The van der Waals surface area contributed by atoms with Crippen molar-refractivity contribution in [3.8, 4) is 5.75 Å². The molecule has 0 heterocycles. The Hall–Kier alpha value is -1.22.